The van der Waals surface area contributed by atoms with Crippen molar-refractivity contribution < 1.29 is 5.11 Å². The highest BCUT2D eigenvalue weighted by Gasteiger charge is 2.21. The molecule has 0 saturated carbocycles. The first-order chi connectivity index (χ1) is 8.58. The maximum atomic E-state index is 9.62. The maximum Gasteiger partial charge on any atom is 0.128 e. The van der Waals surface area contributed by atoms with Gasteiger partial charge in [0.05, 0.1) is 6.10 Å². The van der Waals surface area contributed by atoms with Crippen molar-refractivity contribution >= 4 is 5.82 Å². The van der Waals surface area contributed by atoms with Gasteiger partial charge in [-0.1, -0.05) is 0 Å². The summed E-state index contributed by atoms with van der Waals surface area (Å²) in [5, 5.41) is 9.62. The fourth-order valence-electron chi connectivity index (χ4n) is 2.46. The molecule has 1 fully saturated rings. The Hall–Kier alpha value is -1.13. The molecule has 1 aliphatic rings. The molecule has 1 aromatic heterocycles. The topological polar surface area (TPSA) is 39.6 Å². The van der Waals surface area contributed by atoms with Crippen LogP contribution in [0.2, 0.25) is 0 Å². The second kappa shape index (κ2) is 5.67. The predicted molar refractivity (Wildman–Crippen MR) is 73.8 cm³/mol. The zero-order valence-electron chi connectivity index (χ0n) is 11.5. The summed E-state index contributed by atoms with van der Waals surface area (Å²) in [6.45, 7) is 4.07. The van der Waals surface area contributed by atoms with Crippen molar-refractivity contribution in [1.82, 2.24) is 9.88 Å². The minimum absolute atomic E-state index is 0.433. The summed E-state index contributed by atoms with van der Waals surface area (Å²) in [6.07, 6.45) is 3.70. The second-order valence-electron chi connectivity index (χ2n) is 5.27. The van der Waals surface area contributed by atoms with E-state index in [0.717, 1.165) is 24.5 Å². The Labute approximate surface area is 109 Å². The number of rotatable bonds is 3. The summed E-state index contributed by atoms with van der Waals surface area (Å²) in [7, 11) is 4.27. The second-order valence-corrected chi connectivity index (χ2v) is 5.27. The van der Waals surface area contributed by atoms with Crippen LogP contribution in [0, 0.1) is 0 Å². The Kier molecular flexibility index (Phi) is 4.19. The number of likely N-dealkylation sites (tertiary alicyclic amines) is 1. The summed E-state index contributed by atoms with van der Waals surface area (Å²) >= 11 is 0. The lowest BCUT2D eigenvalue weighted by atomic mass is 10.0. The highest BCUT2D eigenvalue weighted by atomic mass is 16.3. The molecule has 1 aromatic rings. The van der Waals surface area contributed by atoms with Gasteiger partial charge in [0.1, 0.15) is 5.82 Å². The van der Waals surface area contributed by atoms with E-state index in [1.54, 1.807) is 13.1 Å². The third kappa shape index (κ3) is 3.00. The van der Waals surface area contributed by atoms with Crippen LogP contribution < -0.4 is 4.90 Å². The van der Waals surface area contributed by atoms with Gasteiger partial charge in [0.25, 0.3) is 0 Å². The molecule has 1 atom stereocenters. The van der Waals surface area contributed by atoms with Crippen LogP contribution in [0.25, 0.3) is 0 Å². The molecule has 1 aliphatic heterocycles. The lowest BCUT2D eigenvalue weighted by Gasteiger charge is -2.35. The summed E-state index contributed by atoms with van der Waals surface area (Å²) in [5.74, 6) is 0.961. The fourth-order valence-corrected chi connectivity index (χ4v) is 2.46. The molecule has 4 nitrogen and oxygen atoms in total. The van der Waals surface area contributed by atoms with Crippen LogP contribution in [0.5, 0.6) is 0 Å². The van der Waals surface area contributed by atoms with Crippen LogP contribution >= 0.6 is 0 Å². The molecule has 0 unspecified atom stereocenters. The van der Waals surface area contributed by atoms with Gasteiger partial charge in [-0.15, -0.1) is 0 Å². The molecule has 0 spiro atoms. The number of aliphatic hydroxyl groups is 1. The molecule has 2 rings (SSSR count). The highest BCUT2D eigenvalue weighted by molar-refractivity contribution is 5.41. The average molecular weight is 249 g/mol. The van der Waals surface area contributed by atoms with Gasteiger partial charge in [-0.25, -0.2) is 4.98 Å². The van der Waals surface area contributed by atoms with E-state index in [4.69, 9.17) is 0 Å². The number of hydrogen-bond acceptors (Lipinski definition) is 4. The van der Waals surface area contributed by atoms with Crippen molar-refractivity contribution in [1.29, 1.82) is 0 Å². The molecule has 2 heterocycles. The maximum absolute atomic E-state index is 9.62. The van der Waals surface area contributed by atoms with Crippen LogP contribution in [0.1, 0.15) is 31.4 Å². The highest BCUT2D eigenvalue weighted by Crippen LogP contribution is 2.22. The molecule has 0 aromatic carbocycles. The Morgan fingerprint density at radius 3 is 2.72 bits per heavy atom. The third-order valence-corrected chi connectivity index (χ3v) is 3.85. The molecule has 1 N–H and O–H groups in total. The average Bonchev–Trinajstić information content (AvgIpc) is 2.39. The molecular weight excluding hydrogens is 226 g/mol. The van der Waals surface area contributed by atoms with Gasteiger partial charge in [0.15, 0.2) is 0 Å². The van der Waals surface area contributed by atoms with Crippen LogP contribution in [0.4, 0.5) is 5.82 Å². The zero-order valence-corrected chi connectivity index (χ0v) is 11.5. The molecule has 100 valence electrons. The molecule has 0 amide bonds. The van der Waals surface area contributed by atoms with Crippen LogP contribution in [-0.2, 0) is 0 Å². The summed E-state index contributed by atoms with van der Waals surface area (Å²) in [5.41, 5.74) is 0.930. The number of hydrogen-bond donors (Lipinski definition) is 1. The van der Waals surface area contributed by atoms with Gasteiger partial charge < -0.3 is 14.9 Å². The Bertz CT molecular complexity index is 386. The fraction of sp³-hybridized carbons (Fsp3) is 0.643. The number of aliphatic hydroxyl groups excluding tert-OH is 1. The van der Waals surface area contributed by atoms with Crippen LogP contribution in [0.15, 0.2) is 18.3 Å². The summed E-state index contributed by atoms with van der Waals surface area (Å²) in [6, 6.07) is 4.41. The molecule has 0 radical (unpaired) electrons. The van der Waals surface area contributed by atoms with Crippen molar-refractivity contribution in [3.05, 3.63) is 23.9 Å². The van der Waals surface area contributed by atoms with Crippen molar-refractivity contribution in [3.8, 4) is 0 Å². The smallest absolute Gasteiger partial charge is 0.128 e. The zero-order chi connectivity index (χ0) is 13.1. The summed E-state index contributed by atoms with van der Waals surface area (Å²) < 4.78 is 0. The van der Waals surface area contributed by atoms with Gasteiger partial charge in [0.2, 0.25) is 0 Å². The number of anilines is 1. The van der Waals surface area contributed by atoms with E-state index in [9.17, 15) is 5.11 Å². The third-order valence-electron chi connectivity index (χ3n) is 3.85. The number of pyridine rings is 1. The van der Waals surface area contributed by atoms with Crippen molar-refractivity contribution in [2.75, 3.05) is 32.1 Å². The van der Waals surface area contributed by atoms with Gasteiger partial charge in [-0.05, 0) is 57.6 Å². The first-order valence-corrected chi connectivity index (χ1v) is 6.63. The Balaban J connectivity index is 2.08. The first kappa shape index (κ1) is 13.3. The van der Waals surface area contributed by atoms with E-state index in [-0.39, 0.29) is 0 Å². The van der Waals surface area contributed by atoms with Gasteiger partial charge in [0, 0.05) is 19.3 Å². The van der Waals surface area contributed by atoms with E-state index < -0.39 is 6.10 Å². The molecule has 0 aliphatic carbocycles. The van der Waals surface area contributed by atoms with E-state index in [0.29, 0.717) is 6.04 Å². The standard InChI is InChI=1S/C14H23N3O/c1-11(18)12-4-7-15-14(10-12)17(3)13-5-8-16(2)9-6-13/h4,7,10-11,13,18H,5-6,8-9H2,1-3H3/t11-/m0/s1. The lowest BCUT2D eigenvalue weighted by molar-refractivity contribution is 0.199. The van der Waals surface area contributed by atoms with E-state index in [1.807, 2.05) is 12.1 Å². The predicted octanol–water partition coefficient (Wildman–Crippen LogP) is 1.67. The number of piperidine rings is 1. The molecule has 0 bridgehead atoms. The Morgan fingerprint density at radius 1 is 1.44 bits per heavy atom. The lowest BCUT2D eigenvalue weighted by Crippen LogP contribution is -2.42. The molecule has 4 heteroatoms. The largest absolute Gasteiger partial charge is 0.389 e. The van der Waals surface area contributed by atoms with E-state index in [2.05, 4.69) is 28.9 Å². The van der Waals surface area contributed by atoms with Gasteiger partial charge in [-0.2, -0.15) is 0 Å². The van der Waals surface area contributed by atoms with Crippen molar-refractivity contribution in [2.45, 2.75) is 31.9 Å². The van der Waals surface area contributed by atoms with Crippen LogP contribution in [-0.4, -0.2) is 48.2 Å². The number of nitrogens with zero attached hydrogens (tertiary/aromatic N) is 3. The summed E-state index contributed by atoms with van der Waals surface area (Å²) in [4.78, 5) is 9.03. The minimum atomic E-state index is -0.433. The first-order valence-electron chi connectivity index (χ1n) is 6.63. The van der Waals surface area contributed by atoms with Crippen molar-refractivity contribution in [2.24, 2.45) is 0 Å². The minimum Gasteiger partial charge on any atom is -0.389 e. The monoisotopic (exact) mass is 249 g/mol. The van der Waals surface area contributed by atoms with E-state index >= 15 is 0 Å². The quantitative estimate of drug-likeness (QED) is 0.884. The SMILES string of the molecule is C[C@H](O)c1ccnc(N(C)C2CCN(C)CC2)c1. The van der Waals surface area contributed by atoms with Crippen molar-refractivity contribution in [3.63, 3.8) is 0 Å². The molecule has 18 heavy (non-hydrogen) atoms. The molecular formula is C14H23N3O. The van der Waals surface area contributed by atoms with Gasteiger partial charge >= 0.3 is 0 Å². The normalized spacial score (nSPS) is 19.8. The van der Waals surface area contributed by atoms with Gasteiger partial charge in [-0.3, -0.25) is 0 Å². The van der Waals surface area contributed by atoms with Crippen LogP contribution in [0.3, 0.4) is 0 Å². The molecule has 1 saturated heterocycles. The number of aromatic nitrogens is 1. The Morgan fingerprint density at radius 2 is 2.11 bits per heavy atom. The van der Waals surface area contributed by atoms with E-state index in [1.165, 1.54) is 12.8 Å².